The largest absolute Gasteiger partial charge is 0.504 e. The number of pyridine rings is 1. The van der Waals surface area contributed by atoms with E-state index in [1.54, 1.807) is 26.2 Å². The number of nitrogens with one attached hydrogen (secondary N) is 1. The van der Waals surface area contributed by atoms with Gasteiger partial charge in [-0.1, -0.05) is 12.1 Å². The van der Waals surface area contributed by atoms with Gasteiger partial charge in [-0.2, -0.15) is 8.78 Å². The lowest BCUT2D eigenvalue weighted by Gasteiger charge is -2.22. The highest BCUT2D eigenvalue weighted by Crippen LogP contribution is 2.36. The molecule has 34 heavy (non-hydrogen) atoms. The molecule has 1 unspecified atom stereocenters. The van der Waals surface area contributed by atoms with Crippen molar-refractivity contribution in [2.45, 2.75) is 38.5 Å². The van der Waals surface area contributed by atoms with E-state index in [0.29, 0.717) is 11.1 Å². The maximum absolute atomic E-state index is 13.0. The first-order valence-electron chi connectivity index (χ1n) is 10.6. The summed E-state index contributed by atoms with van der Waals surface area (Å²) >= 11 is 0. The fourth-order valence-electron chi connectivity index (χ4n) is 3.94. The summed E-state index contributed by atoms with van der Waals surface area (Å²) in [6.45, 7) is -1.44. The number of hydrogen-bond acceptors (Lipinski definition) is 6. The van der Waals surface area contributed by atoms with Crippen LogP contribution in [0, 0.1) is 0 Å². The van der Waals surface area contributed by atoms with Crippen molar-refractivity contribution in [1.82, 2.24) is 20.1 Å². The molecule has 2 N–H and O–H groups in total. The van der Waals surface area contributed by atoms with Crippen molar-refractivity contribution in [3.8, 4) is 11.5 Å². The Morgan fingerprint density at radius 1 is 1.29 bits per heavy atom. The molecule has 1 aromatic carbocycles. The second-order valence-corrected chi connectivity index (χ2v) is 8.15. The molecule has 1 saturated heterocycles. The van der Waals surface area contributed by atoms with Gasteiger partial charge in [0.2, 0.25) is 11.8 Å². The molecular formula is C23H26F2N4O5. The smallest absolute Gasteiger partial charge is 0.387 e. The van der Waals surface area contributed by atoms with Gasteiger partial charge >= 0.3 is 6.61 Å². The molecule has 0 radical (unpaired) electrons. The van der Waals surface area contributed by atoms with Crippen LogP contribution in [-0.4, -0.2) is 70.9 Å². The first-order chi connectivity index (χ1) is 16.1. The minimum atomic E-state index is -3.07. The van der Waals surface area contributed by atoms with E-state index in [-0.39, 0.29) is 48.7 Å². The number of carbonyl (C=O) groups excluding carboxylic acids is 3. The molecule has 1 fully saturated rings. The second-order valence-electron chi connectivity index (χ2n) is 8.15. The minimum absolute atomic E-state index is 0.0505. The van der Waals surface area contributed by atoms with Crippen LogP contribution >= 0.6 is 0 Å². The van der Waals surface area contributed by atoms with Gasteiger partial charge in [-0.05, 0) is 30.2 Å². The van der Waals surface area contributed by atoms with E-state index in [1.165, 1.54) is 41.1 Å². The molecule has 0 saturated carbocycles. The molecule has 3 rings (SSSR count). The normalized spacial score (nSPS) is 17.5. The minimum Gasteiger partial charge on any atom is -0.504 e. The quantitative estimate of drug-likeness (QED) is 0.633. The lowest BCUT2D eigenvalue weighted by Crippen LogP contribution is -2.45. The van der Waals surface area contributed by atoms with Gasteiger partial charge in [0.25, 0.3) is 5.91 Å². The van der Waals surface area contributed by atoms with Gasteiger partial charge in [0, 0.05) is 51.8 Å². The number of hydrogen-bond donors (Lipinski definition) is 2. The van der Waals surface area contributed by atoms with E-state index >= 15 is 0 Å². The zero-order chi connectivity index (χ0) is 25.0. The molecule has 0 spiro atoms. The number of alkyl halides is 2. The van der Waals surface area contributed by atoms with Crippen molar-refractivity contribution in [1.29, 1.82) is 0 Å². The summed E-state index contributed by atoms with van der Waals surface area (Å²) in [5.41, 5.74) is 1.35. The lowest BCUT2D eigenvalue weighted by molar-refractivity contribution is -0.136. The van der Waals surface area contributed by atoms with Crippen LogP contribution in [-0.2, 0) is 16.1 Å². The third kappa shape index (κ3) is 5.59. The molecular weight excluding hydrogens is 450 g/mol. The first-order valence-corrected chi connectivity index (χ1v) is 10.6. The SMILES string of the molecule is CC(=O)N1CC(c2ccc(OC(F)F)c(O)c2)C[C@@H]1C(=O)NCc1cccnc1C(=O)N(C)C. The van der Waals surface area contributed by atoms with E-state index in [2.05, 4.69) is 15.0 Å². The fourth-order valence-corrected chi connectivity index (χ4v) is 3.94. The van der Waals surface area contributed by atoms with Crippen LogP contribution in [0.25, 0.3) is 0 Å². The Bertz CT molecular complexity index is 1080. The topological polar surface area (TPSA) is 112 Å². The number of aromatic hydroxyl groups is 1. The fraction of sp³-hybridized carbons (Fsp3) is 0.391. The van der Waals surface area contributed by atoms with Crippen LogP contribution in [0.2, 0.25) is 0 Å². The second kappa shape index (κ2) is 10.4. The average Bonchev–Trinajstić information content (AvgIpc) is 3.24. The molecule has 0 aliphatic carbocycles. The average molecular weight is 476 g/mol. The van der Waals surface area contributed by atoms with Crippen LogP contribution in [0.5, 0.6) is 11.5 Å². The maximum Gasteiger partial charge on any atom is 0.387 e. The molecule has 2 heterocycles. The van der Waals surface area contributed by atoms with Gasteiger partial charge in [-0.25, -0.2) is 0 Å². The lowest BCUT2D eigenvalue weighted by atomic mass is 9.95. The molecule has 2 atom stereocenters. The van der Waals surface area contributed by atoms with E-state index in [0.717, 1.165) is 0 Å². The molecule has 182 valence electrons. The Balaban J connectivity index is 1.73. The number of rotatable bonds is 7. The summed E-state index contributed by atoms with van der Waals surface area (Å²) in [6, 6.07) is 6.64. The van der Waals surface area contributed by atoms with E-state index < -0.39 is 24.3 Å². The number of phenols is 1. The molecule has 2 aromatic rings. The van der Waals surface area contributed by atoms with Crippen molar-refractivity contribution in [3.05, 3.63) is 53.3 Å². The van der Waals surface area contributed by atoms with Gasteiger partial charge in [0.1, 0.15) is 11.7 Å². The summed E-state index contributed by atoms with van der Waals surface area (Å²) in [5, 5.41) is 12.8. The van der Waals surface area contributed by atoms with Crippen molar-refractivity contribution < 1.29 is 33.0 Å². The summed E-state index contributed by atoms with van der Waals surface area (Å²) < 4.78 is 29.1. The molecule has 3 amide bonds. The summed E-state index contributed by atoms with van der Waals surface area (Å²) in [6.07, 6.45) is 1.77. The van der Waals surface area contributed by atoms with Crippen molar-refractivity contribution in [3.63, 3.8) is 0 Å². The number of benzene rings is 1. The van der Waals surface area contributed by atoms with E-state index in [1.807, 2.05) is 0 Å². The number of likely N-dealkylation sites (tertiary alicyclic amines) is 1. The van der Waals surface area contributed by atoms with Crippen LogP contribution in [0.3, 0.4) is 0 Å². The van der Waals surface area contributed by atoms with Crippen molar-refractivity contribution in [2.24, 2.45) is 0 Å². The molecule has 1 aliphatic rings. The zero-order valence-corrected chi connectivity index (χ0v) is 19.0. The summed E-state index contributed by atoms with van der Waals surface area (Å²) in [4.78, 5) is 44.5. The molecule has 1 aromatic heterocycles. The van der Waals surface area contributed by atoms with Gasteiger partial charge < -0.3 is 25.0 Å². The van der Waals surface area contributed by atoms with Crippen LogP contribution in [0.15, 0.2) is 36.5 Å². The molecule has 9 nitrogen and oxygen atoms in total. The zero-order valence-electron chi connectivity index (χ0n) is 19.0. The van der Waals surface area contributed by atoms with Gasteiger partial charge in [-0.15, -0.1) is 0 Å². The number of phenolic OH excluding ortho intramolecular Hbond substituents is 1. The Morgan fingerprint density at radius 3 is 2.65 bits per heavy atom. The van der Waals surface area contributed by atoms with Crippen LogP contribution in [0.1, 0.15) is 40.9 Å². The predicted octanol–water partition coefficient (Wildman–Crippen LogP) is 2.11. The number of halogens is 2. The highest BCUT2D eigenvalue weighted by atomic mass is 19.3. The van der Waals surface area contributed by atoms with Crippen molar-refractivity contribution in [2.75, 3.05) is 20.6 Å². The van der Waals surface area contributed by atoms with Gasteiger partial charge in [0.05, 0.1) is 0 Å². The predicted molar refractivity (Wildman–Crippen MR) is 117 cm³/mol. The standard InChI is InChI=1S/C23H26F2N4O5/c1-13(30)29-12-16(14-6-7-19(18(31)10-14)34-23(24)25)9-17(29)21(32)27-11-15-5-4-8-26-20(15)22(33)28(2)3/h4-8,10,16-17,23,31H,9,11-12H2,1-3H3,(H,27,32)/t16?,17-/m1/s1. The first kappa shape index (κ1) is 24.9. The number of amides is 3. The number of nitrogens with zero attached hydrogens (tertiary/aromatic N) is 3. The number of aromatic nitrogens is 1. The van der Waals surface area contributed by atoms with Gasteiger partial charge in [0.15, 0.2) is 11.5 Å². The van der Waals surface area contributed by atoms with E-state index in [9.17, 15) is 28.3 Å². The highest BCUT2D eigenvalue weighted by Gasteiger charge is 2.39. The molecule has 0 bridgehead atoms. The molecule has 1 aliphatic heterocycles. The Hall–Kier alpha value is -3.76. The summed E-state index contributed by atoms with van der Waals surface area (Å²) in [7, 11) is 3.21. The Morgan fingerprint density at radius 2 is 2.03 bits per heavy atom. The highest BCUT2D eigenvalue weighted by molar-refractivity contribution is 5.93. The van der Waals surface area contributed by atoms with Crippen molar-refractivity contribution >= 4 is 17.7 Å². The third-order valence-electron chi connectivity index (χ3n) is 5.63. The third-order valence-corrected chi connectivity index (χ3v) is 5.63. The number of ether oxygens (including phenoxy) is 1. The van der Waals surface area contributed by atoms with Gasteiger partial charge in [-0.3, -0.25) is 19.4 Å². The Kier molecular flexibility index (Phi) is 7.64. The number of carbonyl (C=O) groups is 3. The monoisotopic (exact) mass is 476 g/mol. The summed E-state index contributed by atoms with van der Waals surface area (Å²) in [5.74, 6) is -2.09. The Labute approximate surface area is 195 Å². The van der Waals surface area contributed by atoms with Crippen LogP contribution in [0.4, 0.5) is 8.78 Å². The van der Waals surface area contributed by atoms with E-state index in [4.69, 9.17) is 0 Å². The van der Waals surface area contributed by atoms with Crippen LogP contribution < -0.4 is 10.1 Å². The maximum atomic E-state index is 13.0. The molecule has 11 heteroatoms.